The minimum Gasteiger partial charge on any atom is -0.507 e. The van der Waals surface area contributed by atoms with Crippen LogP contribution in [0.5, 0.6) is 11.5 Å². The summed E-state index contributed by atoms with van der Waals surface area (Å²) < 4.78 is 10.5. The highest BCUT2D eigenvalue weighted by Crippen LogP contribution is 2.43. The molecule has 1 fully saturated rings. The van der Waals surface area contributed by atoms with Crippen molar-refractivity contribution in [3.8, 4) is 11.5 Å². The quantitative estimate of drug-likeness (QED) is 0.251. The van der Waals surface area contributed by atoms with Gasteiger partial charge in [-0.05, 0) is 59.0 Å². The molecule has 1 amide bonds. The lowest BCUT2D eigenvalue weighted by Crippen LogP contribution is -2.29. The molecule has 1 N–H and O–H groups in total. The molecule has 186 valence electrons. The zero-order valence-corrected chi connectivity index (χ0v) is 21.6. The molecule has 3 aromatic rings. The number of rotatable bonds is 5. The molecule has 0 spiro atoms. The number of hydrogen-bond donors (Lipinski definition) is 1. The smallest absolute Gasteiger partial charge is 0.300 e. The molecule has 1 saturated heterocycles. The van der Waals surface area contributed by atoms with Crippen LogP contribution in [0.15, 0.2) is 72.3 Å². The first-order valence-corrected chi connectivity index (χ1v) is 11.8. The molecule has 0 bridgehead atoms. The molecule has 3 aromatic carbocycles. The molecule has 0 aromatic heterocycles. The summed E-state index contributed by atoms with van der Waals surface area (Å²) in [6, 6.07) is 18.5. The maximum Gasteiger partial charge on any atom is 0.300 e. The van der Waals surface area contributed by atoms with Crippen LogP contribution in [0.4, 0.5) is 5.69 Å². The third kappa shape index (κ3) is 4.56. The predicted octanol–water partition coefficient (Wildman–Crippen LogP) is 6.28. The number of aliphatic hydroxyl groups excluding tert-OH is 1. The Kier molecular flexibility index (Phi) is 6.83. The van der Waals surface area contributed by atoms with Crippen molar-refractivity contribution < 1.29 is 24.2 Å². The average molecular weight is 506 g/mol. The SMILES string of the molecule is COc1ccc(C2/C(=C(/O)c3ccc(OC)c(Cl)c3)C(=O)C(=O)N2c2ccc(C(C)(C)C)cc2)cc1. The van der Waals surface area contributed by atoms with Gasteiger partial charge in [-0.1, -0.05) is 56.6 Å². The lowest BCUT2D eigenvalue weighted by molar-refractivity contribution is -0.132. The van der Waals surface area contributed by atoms with Gasteiger partial charge in [-0.3, -0.25) is 14.5 Å². The number of Topliss-reactive ketones (excluding diaryl/α,β-unsaturated/α-hetero) is 1. The zero-order chi connectivity index (χ0) is 26.2. The third-order valence-electron chi connectivity index (χ3n) is 6.31. The Morgan fingerprint density at radius 3 is 2.08 bits per heavy atom. The average Bonchev–Trinajstić information content (AvgIpc) is 3.13. The van der Waals surface area contributed by atoms with Gasteiger partial charge in [0.1, 0.15) is 17.3 Å². The number of ether oxygens (including phenoxy) is 2. The van der Waals surface area contributed by atoms with Crippen LogP contribution in [0.25, 0.3) is 5.76 Å². The second kappa shape index (κ2) is 9.70. The molecule has 1 heterocycles. The molecule has 7 heteroatoms. The normalized spacial score (nSPS) is 17.4. The number of amides is 1. The van der Waals surface area contributed by atoms with Crippen molar-refractivity contribution in [1.82, 2.24) is 0 Å². The Balaban J connectivity index is 1.90. The van der Waals surface area contributed by atoms with Crippen LogP contribution in [0, 0.1) is 0 Å². The van der Waals surface area contributed by atoms with Crippen molar-refractivity contribution in [2.24, 2.45) is 0 Å². The fraction of sp³-hybridized carbons (Fsp3) is 0.241. The van der Waals surface area contributed by atoms with Crippen LogP contribution in [0.2, 0.25) is 5.02 Å². The van der Waals surface area contributed by atoms with Crippen molar-refractivity contribution in [1.29, 1.82) is 0 Å². The molecule has 0 aliphatic carbocycles. The van der Waals surface area contributed by atoms with E-state index in [1.807, 2.05) is 24.3 Å². The number of carbonyl (C=O) groups is 2. The minimum atomic E-state index is -0.850. The van der Waals surface area contributed by atoms with Gasteiger partial charge in [-0.15, -0.1) is 0 Å². The monoisotopic (exact) mass is 505 g/mol. The molecule has 0 saturated carbocycles. The maximum atomic E-state index is 13.4. The van der Waals surface area contributed by atoms with E-state index in [1.54, 1.807) is 43.5 Å². The van der Waals surface area contributed by atoms with Gasteiger partial charge < -0.3 is 14.6 Å². The Hall–Kier alpha value is -3.77. The molecule has 0 radical (unpaired) electrons. The van der Waals surface area contributed by atoms with Crippen LogP contribution in [0.3, 0.4) is 0 Å². The van der Waals surface area contributed by atoms with Crippen LogP contribution in [0.1, 0.15) is 43.5 Å². The number of methoxy groups -OCH3 is 2. The lowest BCUT2D eigenvalue weighted by Gasteiger charge is -2.27. The van der Waals surface area contributed by atoms with Crippen molar-refractivity contribution in [2.75, 3.05) is 19.1 Å². The van der Waals surface area contributed by atoms with Crippen molar-refractivity contribution >= 4 is 34.7 Å². The molecule has 1 aliphatic rings. The van der Waals surface area contributed by atoms with Gasteiger partial charge in [0.15, 0.2) is 0 Å². The summed E-state index contributed by atoms with van der Waals surface area (Å²) in [4.78, 5) is 28.1. The fourth-order valence-electron chi connectivity index (χ4n) is 4.29. The van der Waals surface area contributed by atoms with Gasteiger partial charge in [-0.2, -0.15) is 0 Å². The first-order chi connectivity index (χ1) is 17.1. The van der Waals surface area contributed by atoms with E-state index in [9.17, 15) is 14.7 Å². The van der Waals surface area contributed by atoms with E-state index in [0.29, 0.717) is 28.3 Å². The summed E-state index contributed by atoms with van der Waals surface area (Å²) in [6.07, 6.45) is 0. The van der Waals surface area contributed by atoms with E-state index in [4.69, 9.17) is 21.1 Å². The summed E-state index contributed by atoms with van der Waals surface area (Å²) >= 11 is 6.27. The summed E-state index contributed by atoms with van der Waals surface area (Å²) in [6.45, 7) is 6.31. The first kappa shape index (κ1) is 25.3. The Labute approximate surface area is 215 Å². The number of aliphatic hydroxyl groups is 1. The van der Waals surface area contributed by atoms with Crippen LogP contribution in [-0.4, -0.2) is 31.0 Å². The second-order valence-corrected chi connectivity index (χ2v) is 10.00. The number of halogens is 1. The van der Waals surface area contributed by atoms with Gasteiger partial charge in [0.05, 0.1) is 30.9 Å². The third-order valence-corrected chi connectivity index (χ3v) is 6.61. The highest BCUT2D eigenvalue weighted by atomic mass is 35.5. The standard InChI is InChI=1S/C29H28ClNO5/c1-29(2,3)19-9-11-20(12-10-19)31-25(17-6-13-21(35-4)14-7-17)24(27(33)28(31)34)26(32)18-8-15-23(36-5)22(30)16-18/h6-16,25,32H,1-5H3/b26-24-. The van der Waals surface area contributed by atoms with E-state index >= 15 is 0 Å². The second-order valence-electron chi connectivity index (χ2n) is 9.59. The molecular weight excluding hydrogens is 478 g/mol. The summed E-state index contributed by atoms with van der Waals surface area (Å²) in [5.41, 5.74) is 2.51. The van der Waals surface area contributed by atoms with Crippen LogP contribution in [-0.2, 0) is 15.0 Å². The molecule has 1 atom stereocenters. The first-order valence-electron chi connectivity index (χ1n) is 11.5. The molecule has 6 nitrogen and oxygen atoms in total. The number of ketones is 1. The highest BCUT2D eigenvalue weighted by molar-refractivity contribution is 6.51. The molecule has 1 aliphatic heterocycles. The Morgan fingerprint density at radius 2 is 1.56 bits per heavy atom. The molecular formula is C29H28ClNO5. The Morgan fingerprint density at radius 1 is 0.917 bits per heavy atom. The van der Waals surface area contributed by atoms with Crippen molar-refractivity contribution in [3.05, 3.63) is 94.0 Å². The summed E-state index contributed by atoms with van der Waals surface area (Å²) in [5, 5.41) is 11.6. The van der Waals surface area contributed by atoms with Crippen molar-refractivity contribution in [3.63, 3.8) is 0 Å². The number of benzene rings is 3. The van der Waals surface area contributed by atoms with Crippen LogP contribution >= 0.6 is 11.6 Å². The van der Waals surface area contributed by atoms with Crippen molar-refractivity contribution in [2.45, 2.75) is 32.2 Å². The van der Waals surface area contributed by atoms with Gasteiger partial charge in [0.25, 0.3) is 11.7 Å². The largest absolute Gasteiger partial charge is 0.507 e. The minimum absolute atomic E-state index is 0.0219. The summed E-state index contributed by atoms with van der Waals surface area (Å²) in [7, 11) is 3.05. The summed E-state index contributed by atoms with van der Waals surface area (Å²) in [5.74, 6) is -0.750. The topological polar surface area (TPSA) is 76.1 Å². The number of hydrogen-bond acceptors (Lipinski definition) is 5. The number of anilines is 1. The fourth-order valence-corrected chi connectivity index (χ4v) is 4.55. The van der Waals surface area contributed by atoms with Crippen LogP contribution < -0.4 is 14.4 Å². The van der Waals surface area contributed by atoms with Gasteiger partial charge in [0, 0.05) is 11.3 Å². The van der Waals surface area contributed by atoms with E-state index < -0.39 is 17.7 Å². The molecule has 4 rings (SSSR count). The highest BCUT2D eigenvalue weighted by Gasteiger charge is 2.47. The number of nitrogens with zero attached hydrogens (tertiary/aromatic N) is 1. The van der Waals surface area contributed by atoms with E-state index in [2.05, 4.69) is 20.8 Å². The van der Waals surface area contributed by atoms with E-state index in [0.717, 1.165) is 5.56 Å². The van der Waals surface area contributed by atoms with Gasteiger partial charge >= 0.3 is 0 Å². The van der Waals surface area contributed by atoms with Gasteiger partial charge in [-0.25, -0.2) is 0 Å². The predicted molar refractivity (Wildman–Crippen MR) is 141 cm³/mol. The van der Waals surface area contributed by atoms with E-state index in [1.165, 1.54) is 18.1 Å². The lowest BCUT2D eigenvalue weighted by atomic mass is 9.87. The molecule has 1 unspecified atom stereocenters. The van der Waals surface area contributed by atoms with E-state index in [-0.39, 0.29) is 21.8 Å². The zero-order valence-electron chi connectivity index (χ0n) is 20.8. The molecule has 36 heavy (non-hydrogen) atoms. The Bertz CT molecular complexity index is 1340. The number of carbonyl (C=O) groups excluding carboxylic acids is 2. The maximum absolute atomic E-state index is 13.4. The van der Waals surface area contributed by atoms with Gasteiger partial charge in [0.2, 0.25) is 0 Å².